The maximum absolute atomic E-state index is 4.10. The van der Waals surface area contributed by atoms with Gasteiger partial charge in [-0.2, -0.15) is 0 Å². The first-order chi connectivity index (χ1) is 8.81. The van der Waals surface area contributed by atoms with Gasteiger partial charge in [0.1, 0.15) is 0 Å². The summed E-state index contributed by atoms with van der Waals surface area (Å²) in [7, 11) is 0. The molecule has 0 atom stereocenters. The zero-order valence-electron chi connectivity index (χ0n) is 11.3. The van der Waals surface area contributed by atoms with Crippen LogP contribution in [0.5, 0.6) is 0 Å². The van der Waals surface area contributed by atoms with Crippen molar-refractivity contribution in [2.45, 2.75) is 26.7 Å². The summed E-state index contributed by atoms with van der Waals surface area (Å²) in [5.41, 5.74) is 3.36. The number of benzene rings is 1. The van der Waals surface area contributed by atoms with Crippen molar-refractivity contribution in [1.82, 2.24) is 0 Å². The van der Waals surface area contributed by atoms with Crippen LogP contribution >= 0.6 is 0 Å². The maximum atomic E-state index is 4.10. The highest BCUT2D eigenvalue weighted by molar-refractivity contribution is 5.68. The van der Waals surface area contributed by atoms with E-state index >= 15 is 0 Å². The lowest BCUT2D eigenvalue weighted by Crippen LogP contribution is -1.82. The van der Waals surface area contributed by atoms with Gasteiger partial charge in [-0.25, -0.2) is 0 Å². The number of rotatable bonds is 6. The van der Waals surface area contributed by atoms with E-state index < -0.39 is 0 Å². The van der Waals surface area contributed by atoms with Crippen molar-refractivity contribution < 1.29 is 0 Å². The molecule has 0 radical (unpaired) electrons. The van der Waals surface area contributed by atoms with Gasteiger partial charge >= 0.3 is 0 Å². The van der Waals surface area contributed by atoms with Gasteiger partial charge in [0.2, 0.25) is 0 Å². The summed E-state index contributed by atoms with van der Waals surface area (Å²) in [6, 6.07) is 10.1. The molecule has 18 heavy (non-hydrogen) atoms. The Bertz CT molecular complexity index is 450. The van der Waals surface area contributed by atoms with Crippen molar-refractivity contribution in [1.29, 1.82) is 0 Å². The molecule has 0 unspecified atom stereocenters. The lowest BCUT2D eigenvalue weighted by Gasteiger charge is -2.02. The van der Waals surface area contributed by atoms with Crippen molar-refractivity contribution >= 4 is 12.4 Å². The van der Waals surface area contributed by atoms with Crippen LogP contribution < -0.4 is 0 Å². The van der Waals surface area contributed by atoms with Crippen molar-refractivity contribution in [3.8, 4) is 0 Å². The third kappa shape index (κ3) is 4.54. The van der Waals surface area contributed by atoms with Crippen LogP contribution in [0.25, 0.3) is 5.70 Å². The first kappa shape index (κ1) is 14.2. The molecule has 1 aromatic rings. The molecule has 0 saturated heterocycles. The largest absolute Gasteiger partial charge is 0.264 e. The third-order valence-electron chi connectivity index (χ3n) is 2.71. The van der Waals surface area contributed by atoms with Gasteiger partial charge in [-0.05, 0) is 37.6 Å². The molecule has 0 aliphatic carbocycles. The van der Waals surface area contributed by atoms with Crippen LogP contribution in [-0.2, 0) is 0 Å². The van der Waals surface area contributed by atoms with Gasteiger partial charge in [-0.1, -0.05) is 61.6 Å². The second-order valence-electron chi connectivity index (χ2n) is 3.99. The summed E-state index contributed by atoms with van der Waals surface area (Å²) in [5, 5.41) is 0. The normalized spacial score (nSPS) is 13.0. The standard InChI is InChI=1S/C17H21N/c1-4-6-10-15(5-2)13-14-17(18-3)16-11-8-7-9-12-16/h5-12,14H,3-4,13H2,1-2H3/b10-6-,15-5+,17-14-. The Kier molecular flexibility index (Phi) is 6.49. The number of hydrogen-bond donors (Lipinski definition) is 0. The van der Waals surface area contributed by atoms with E-state index in [9.17, 15) is 0 Å². The second kappa shape index (κ2) is 8.24. The molecular formula is C17H21N. The van der Waals surface area contributed by atoms with Gasteiger partial charge in [-0.15, -0.1) is 0 Å². The van der Waals surface area contributed by atoms with Crippen molar-refractivity contribution in [3.63, 3.8) is 0 Å². The van der Waals surface area contributed by atoms with E-state index in [1.807, 2.05) is 18.2 Å². The quantitative estimate of drug-likeness (QED) is 0.487. The minimum Gasteiger partial charge on any atom is -0.264 e. The molecule has 0 aromatic heterocycles. The van der Waals surface area contributed by atoms with Crippen LogP contribution in [0, 0.1) is 0 Å². The molecule has 1 rings (SSSR count). The van der Waals surface area contributed by atoms with E-state index in [1.54, 1.807) is 0 Å². The van der Waals surface area contributed by atoms with Crippen LogP contribution in [0.3, 0.4) is 0 Å². The number of aliphatic imine (C=N–C) groups is 1. The SMILES string of the molecule is C=N/C(=C\CC(/C=C\CC)=C/C)c1ccccc1. The summed E-state index contributed by atoms with van der Waals surface area (Å²) < 4.78 is 0. The molecule has 0 spiro atoms. The first-order valence-corrected chi connectivity index (χ1v) is 6.35. The molecule has 0 saturated carbocycles. The average molecular weight is 239 g/mol. The van der Waals surface area contributed by atoms with E-state index in [-0.39, 0.29) is 0 Å². The minimum atomic E-state index is 0.885. The Morgan fingerprint density at radius 2 is 2.00 bits per heavy atom. The molecule has 0 aliphatic rings. The predicted octanol–water partition coefficient (Wildman–Crippen LogP) is 5.03. The van der Waals surface area contributed by atoms with Gasteiger partial charge in [0.15, 0.2) is 0 Å². The average Bonchev–Trinajstić information content (AvgIpc) is 2.44. The van der Waals surface area contributed by atoms with Gasteiger partial charge in [0.25, 0.3) is 0 Å². The summed E-state index contributed by atoms with van der Waals surface area (Å²) in [6.07, 6.45) is 10.5. The van der Waals surface area contributed by atoms with Crippen LogP contribution in [0.15, 0.2) is 65.2 Å². The number of allylic oxidation sites excluding steroid dienone is 5. The summed E-state index contributed by atoms with van der Waals surface area (Å²) in [4.78, 5) is 4.10. The van der Waals surface area contributed by atoms with Crippen molar-refractivity contribution in [2.75, 3.05) is 0 Å². The molecule has 1 heteroatoms. The van der Waals surface area contributed by atoms with E-state index in [4.69, 9.17) is 0 Å². The molecule has 0 fully saturated rings. The van der Waals surface area contributed by atoms with E-state index in [2.05, 4.69) is 62.0 Å². The van der Waals surface area contributed by atoms with Gasteiger partial charge < -0.3 is 0 Å². The van der Waals surface area contributed by atoms with Crippen molar-refractivity contribution in [3.05, 3.63) is 65.8 Å². The highest BCUT2D eigenvalue weighted by Crippen LogP contribution is 2.17. The zero-order valence-corrected chi connectivity index (χ0v) is 11.3. The molecule has 0 heterocycles. The highest BCUT2D eigenvalue weighted by Gasteiger charge is 1.97. The van der Waals surface area contributed by atoms with E-state index in [1.165, 1.54) is 5.57 Å². The molecular weight excluding hydrogens is 218 g/mol. The number of hydrogen-bond acceptors (Lipinski definition) is 1. The lowest BCUT2D eigenvalue weighted by molar-refractivity contribution is 1.19. The molecule has 94 valence electrons. The molecule has 0 N–H and O–H groups in total. The maximum Gasteiger partial charge on any atom is 0.0658 e. The van der Waals surface area contributed by atoms with Gasteiger partial charge in [0.05, 0.1) is 5.70 Å². The Hall–Kier alpha value is -1.89. The van der Waals surface area contributed by atoms with Crippen LogP contribution in [0.4, 0.5) is 0 Å². The van der Waals surface area contributed by atoms with Crippen LogP contribution in [-0.4, -0.2) is 6.72 Å². The monoisotopic (exact) mass is 239 g/mol. The van der Waals surface area contributed by atoms with Gasteiger partial charge in [0, 0.05) is 0 Å². The summed E-state index contributed by atoms with van der Waals surface area (Å²) in [6.45, 7) is 7.85. The van der Waals surface area contributed by atoms with E-state index in [0.29, 0.717) is 0 Å². The Morgan fingerprint density at radius 1 is 1.28 bits per heavy atom. The van der Waals surface area contributed by atoms with Crippen LogP contribution in [0.1, 0.15) is 32.3 Å². The fourth-order valence-electron chi connectivity index (χ4n) is 1.65. The van der Waals surface area contributed by atoms with Gasteiger partial charge in [-0.3, -0.25) is 4.99 Å². The highest BCUT2D eigenvalue weighted by atomic mass is 14.7. The fourth-order valence-corrected chi connectivity index (χ4v) is 1.65. The topological polar surface area (TPSA) is 12.4 Å². The molecule has 0 bridgehead atoms. The lowest BCUT2D eigenvalue weighted by atomic mass is 10.1. The molecule has 0 amide bonds. The van der Waals surface area contributed by atoms with Crippen molar-refractivity contribution in [2.24, 2.45) is 4.99 Å². The molecule has 1 aromatic carbocycles. The Labute approximate surface area is 110 Å². The second-order valence-corrected chi connectivity index (χ2v) is 3.99. The molecule has 1 nitrogen and oxygen atoms in total. The van der Waals surface area contributed by atoms with E-state index in [0.717, 1.165) is 24.1 Å². The predicted molar refractivity (Wildman–Crippen MR) is 81.8 cm³/mol. The first-order valence-electron chi connectivity index (χ1n) is 6.35. The summed E-state index contributed by atoms with van der Waals surface area (Å²) in [5.74, 6) is 0. The summed E-state index contributed by atoms with van der Waals surface area (Å²) >= 11 is 0. The fraction of sp³-hybridized carbons (Fsp3) is 0.235. The third-order valence-corrected chi connectivity index (χ3v) is 2.71. The molecule has 0 aliphatic heterocycles. The Morgan fingerprint density at radius 3 is 2.56 bits per heavy atom. The zero-order chi connectivity index (χ0) is 13.2. The Balaban J connectivity index is 2.81. The smallest absolute Gasteiger partial charge is 0.0658 e. The van der Waals surface area contributed by atoms with Crippen LogP contribution in [0.2, 0.25) is 0 Å². The number of nitrogens with zero attached hydrogens (tertiary/aromatic N) is 1. The minimum absolute atomic E-state index is 0.885.